The highest BCUT2D eigenvalue weighted by Gasteiger charge is 2.32. The second-order valence-electron chi connectivity index (χ2n) is 6.67. The molecule has 0 unspecified atom stereocenters. The summed E-state index contributed by atoms with van der Waals surface area (Å²) in [6.07, 6.45) is -2.67. The molecule has 0 saturated heterocycles. The summed E-state index contributed by atoms with van der Waals surface area (Å²) in [6.45, 7) is 0.390. The molecule has 0 spiro atoms. The first-order chi connectivity index (χ1) is 14.3. The third kappa shape index (κ3) is 4.28. The average molecular weight is 441 g/mol. The molecule has 0 bridgehead atoms. The average Bonchev–Trinajstić information content (AvgIpc) is 3.32. The van der Waals surface area contributed by atoms with Gasteiger partial charge in [-0.25, -0.2) is 0 Å². The third-order valence-electron chi connectivity index (χ3n) is 4.61. The van der Waals surface area contributed by atoms with E-state index in [-0.39, 0.29) is 48.6 Å². The summed E-state index contributed by atoms with van der Waals surface area (Å²) in [5, 5.41) is 10.3. The second kappa shape index (κ2) is 8.02. The number of aromatic nitrogens is 3. The number of benzene rings is 1. The molecule has 11 heteroatoms. The van der Waals surface area contributed by atoms with Crippen molar-refractivity contribution >= 4 is 23.2 Å². The Balaban J connectivity index is 1.33. The first-order valence-corrected chi connectivity index (χ1v) is 9.44. The standard InChI is InChI=1S/C19H16ClF3N4O3/c20-13-8-12(19(21,22)23)9-27-16(25-26-18(13)27)5-6-24-17(28)4-2-11-1-3-14-15(7-11)30-10-29-14/h1,3,7-9H,2,4-6,10H2,(H,24,28). The molecule has 2 aromatic heterocycles. The number of rotatable bonds is 6. The SMILES string of the molecule is O=C(CCc1ccc2c(c1)OCO2)NCCc1nnc2c(Cl)cc(C(F)(F)F)cn12. The number of halogens is 4. The highest BCUT2D eigenvalue weighted by atomic mass is 35.5. The molecule has 158 valence electrons. The molecule has 4 rings (SSSR count). The van der Waals surface area contributed by atoms with Crippen molar-refractivity contribution in [1.29, 1.82) is 0 Å². The van der Waals surface area contributed by atoms with Crippen molar-refractivity contribution in [2.75, 3.05) is 13.3 Å². The largest absolute Gasteiger partial charge is 0.454 e. The predicted octanol–water partition coefficient (Wildman–Crippen LogP) is 3.42. The van der Waals surface area contributed by atoms with Crippen LogP contribution in [0.1, 0.15) is 23.4 Å². The van der Waals surface area contributed by atoms with E-state index in [0.29, 0.717) is 17.9 Å². The van der Waals surface area contributed by atoms with Gasteiger partial charge in [0.15, 0.2) is 17.1 Å². The molecule has 1 aromatic carbocycles. The highest BCUT2D eigenvalue weighted by molar-refractivity contribution is 6.33. The zero-order valence-electron chi connectivity index (χ0n) is 15.5. The van der Waals surface area contributed by atoms with Crippen LogP contribution in [0.2, 0.25) is 5.02 Å². The molecule has 3 heterocycles. The predicted molar refractivity (Wildman–Crippen MR) is 101 cm³/mol. The van der Waals surface area contributed by atoms with Crippen LogP contribution in [0.5, 0.6) is 11.5 Å². The van der Waals surface area contributed by atoms with Gasteiger partial charge in [0, 0.05) is 25.6 Å². The summed E-state index contributed by atoms with van der Waals surface area (Å²) >= 11 is 5.89. The zero-order chi connectivity index (χ0) is 21.3. The van der Waals surface area contributed by atoms with Gasteiger partial charge in [0.25, 0.3) is 0 Å². The fraction of sp³-hybridized carbons (Fsp3) is 0.316. The smallest absolute Gasteiger partial charge is 0.417 e. The Morgan fingerprint density at radius 3 is 2.77 bits per heavy atom. The molecule has 0 saturated carbocycles. The lowest BCUT2D eigenvalue weighted by Crippen LogP contribution is -2.26. The van der Waals surface area contributed by atoms with Crippen LogP contribution in [0.25, 0.3) is 5.65 Å². The van der Waals surface area contributed by atoms with E-state index in [1.54, 1.807) is 6.07 Å². The van der Waals surface area contributed by atoms with Crippen LogP contribution in [0.15, 0.2) is 30.5 Å². The molecule has 1 aliphatic rings. The number of nitrogens with zero attached hydrogens (tertiary/aromatic N) is 3. The van der Waals surface area contributed by atoms with Crippen molar-refractivity contribution in [3.63, 3.8) is 0 Å². The van der Waals surface area contributed by atoms with Crippen molar-refractivity contribution in [3.05, 3.63) is 52.4 Å². The van der Waals surface area contributed by atoms with Gasteiger partial charge >= 0.3 is 6.18 Å². The lowest BCUT2D eigenvalue weighted by atomic mass is 10.1. The van der Waals surface area contributed by atoms with Gasteiger partial charge in [-0.2, -0.15) is 13.2 Å². The Labute approximate surface area is 173 Å². The van der Waals surface area contributed by atoms with E-state index in [2.05, 4.69) is 15.5 Å². The minimum absolute atomic E-state index is 0.133. The van der Waals surface area contributed by atoms with Gasteiger partial charge in [-0.05, 0) is 30.2 Å². The monoisotopic (exact) mass is 440 g/mol. The number of ether oxygens (including phenoxy) is 2. The highest BCUT2D eigenvalue weighted by Crippen LogP contribution is 2.33. The number of nitrogens with one attached hydrogen (secondary N) is 1. The minimum atomic E-state index is -4.54. The van der Waals surface area contributed by atoms with E-state index in [1.807, 2.05) is 12.1 Å². The molecule has 0 aliphatic carbocycles. The topological polar surface area (TPSA) is 77.8 Å². The second-order valence-corrected chi connectivity index (χ2v) is 7.08. The number of hydrogen-bond acceptors (Lipinski definition) is 5. The summed E-state index contributed by atoms with van der Waals surface area (Å²) < 4.78 is 50.8. The summed E-state index contributed by atoms with van der Waals surface area (Å²) in [6, 6.07) is 6.31. The first kappa shape index (κ1) is 20.3. The Hall–Kier alpha value is -3.01. The molecule has 1 amide bonds. The van der Waals surface area contributed by atoms with E-state index in [9.17, 15) is 18.0 Å². The summed E-state index contributed by atoms with van der Waals surface area (Å²) in [7, 11) is 0. The fourth-order valence-corrected chi connectivity index (χ4v) is 3.33. The van der Waals surface area contributed by atoms with Crippen molar-refractivity contribution in [2.24, 2.45) is 0 Å². The lowest BCUT2D eigenvalue weighted by Gasteiger charge is -2.09. The van der Waals surface area contributed by atoms with Crippen LogP contribution in [-0.4, -0.2) is 33.8 Å². The van der Waals surface area contributed by atoms with Crippen LogP contribution in [-0.2, 0) is 23.8 Å². The van der Waals surface area contributed by atoms with Crippen LogP contribution in [0.3, 0.4) is 0 Å². The number of pyridine rings is 1. The fourth-order valence-electron chi connectivity index (χ4n) is 3.08. The molecule has 3 aromatic rings. The Bertz CT molecular complexity index is 1100. The van der Waals surface area contributed by atoms with Crippen LogP contribution in [0, 0.1) is 0 Å². The van der Waals surface area contributed by atoms with Crippen molar-refractivity contribution in [1.82, 2.24) is 19.9 Å². The number of fused-ring (bicyclic) bond motifs is 2. The Morgan fingerprint density at radius 2 is 1.97 bits per heavy atom. The Kier molecular flexibility index (Phi) is 5.42. The first-order valence-electron chi connectivity index (χ1n) is 9.07. The van der Waals surface area contributed by atoms with Crippen LogP contribution >= 0.6 is 11.6 Å². The summed E-state index contributed by atoms with van der Waals surface area (Å²) in [5.74, 6) is 1.42. The number of hydrogen-bond donors (Lipinski definition) is 1. The van der Waals surface area contributed by atoms with Crippen molar-refractivity contribution < 1.29 is 27.4 Å². The maximum Gasteiger partial charge on any atom is 0.417 e. The molecular formula is C19H16ClF3N4O3. The maximum atomic E-state index is 13.0. The number of carbonyl (C=O) groups is 1. The maximum absolute atomic E-state index is 13.0. The third-order valence-corrected chi connectivity index (χ3v) is 4.88. The number of aryl methyl sites for hydroxylation is 1. The van der Waals surface area contributed by atoms with Crippen LogP contribution < -0.4 is 14.8 Å². The molecule has 0 radical (unpaired) electrons. The van der Waals surface area contributed by atoms with Crippen molar-refractivity contribution in [3.8, 4) is 11.5 Å². The van der Waals surface area contributed by atoms with E-state index < -0.39 is 11.7 Å². The van der Waals surface area contributed by atoms with Gasteiger partial charge in [0.05, 0.1) is 10.6 Å². The number of amides is 1. The van der Waals surface area contributed by atoms with E-state index >= 15 is 0 Å². The molecule has 0 fully saturated rings. The van der Waals surface area contributed by atoms with Gasteiger partial charge in [-0.1, -0.05) is 17.7 Å². The van der Waals surface area contributed by atoms with E-state index in [1.165, 1.54) is 4.40 Å². The summed E-state index contributed by atoms with van der Waals surface area (Å²) in [4.78, 5) is 12.1. The van der Waals surface area contributed by atoms with Gasteiger partial charge in [0.2, 0.25) is 12.7 Å². The van der Waals surface area contributed by atoms with Gasteiger partial charge < -0.3 is 14.8 Å². The molecule has 30 heavy (non-hydrogen) atoms. The molecule has 0 atom stereocenters. The van der Waals surface area contributed by atoms with Crippen LogP contribution in [0.4, 0.5) is 13.2 Å². The van der Waals surface area contributed by atoms with Gasteiger partial charge in [-0.3, -0.25) is 9.20 Å². The zero-order valence-corrected chi connectivity index (χ0v) is 16.3. The molecule has 1 N–H and O–H groups in total. The number of alkyl halides is 3. The van der Waals surface area contributed by atoms with E-state index in [4.69, 9.17) is 21.1 Å². The molecular weight excluding hydrogens is 425 g/mol. The molecule has 1 aliphatic heterocycles. The lowest BCUT2D eigenvalue weighted by molar-refractivity contribution is -0.137. The van der Waals surface area contributed by atoms with E-state index in [0.717, 1.165) is 17.8 Å². The van der Waals surface area contributed by atoms with Crippen molar-refractivity contribution in [2.45, 2.75) is 25.4 Å². The molecule has 7 nitrogen and oxygen atoms in total. The minimum Gasteiger partial charge on any atom is -0.454 e. The van der Waals surface area contributed by atoms with Gasteiger partial charge in [-0.15, -0.1) is 10.2 Å². The summed E-state index contributed by atoms with van der Waals surface area (Å²) in [5.41, 5.74) is 0.176. The Morgan fingerprint density at radius 1 is 1.17 bits per heavy atom. The normalized spacial score (nSPS) is 13.1. The quantitative estimate of drug-likeness (QED) is 0.635. The van der Waals surface area contributed by atoms with Gasteiger partial charge in [0.1, 0.15) is 5.82 Å². The number of carbonyl (C=O) groups excluding carboxylic acids is 1.